The molecular weight excluding hydrogens is 244 g/mol. The van der Waals surface area contributed by atoms with Gasteiger partial charge >= 0.3 is 0 Å². The summed E-state index contributed by atoms with van der Waals surface area (Å²) < 4.78 is 0. The number of aromatic nitrogens is 1. The molecule has 0 aliphatic heterocycles. The first-order valence-corrected chi connectivity index (χ1v) is 5.42. The quantitative estimate of drug-likeness (QED) is 0.831. The highest BCUT2D eigenvalue weighted by Gasteiger charge is 2.06. The Bertz CT molecular complexity index is 287. The molecule has 3 nitrogen and oxygen atoms in total. The summed E-state index contributed by atoms with van der Waals surface area (Å²) in [7, 11) is 0. The molecule has 1 aromatic heterocycles. The zero-order valence-electron chi connectivity index (χ0n) is 8.03. The number of carbonyl (C=O) groups excluding carboxylic acids is 1. The lowest BCUT2D eigenvalue weighted by molar-refractivity contribution is -0.120. The highest BCUT2D eigenvalue weighted by Crippen LogP contribution is 1.98. The SMILES string of the molecule is CC(Br)C(=O)NCCc1cccnc1. The van der Waals surface area contributed by atoms with Gasteiger partial charge in [0.15, 0.2) is 0 Å². The van der Waals surface area contributed by atoms with Crippen molar-refractivity contribution in [2.45, 2.75) is 18.2 Å². The molecule has 14 heavy (non-hydrogen) atoms. The van der Waals surface area contributed by atoms with E-state index in [-0.39, 0.29) is 10.7 Å². The smallest absolute Gasteiger partial charge is 0.233 e. The molecule has 0 aliphatic rings. The molecule has 1 aromatic rings. The Balaban J connectivity index is 2.26. The molecule has 0 spiro atoms. The molecule has 76 valence electrons. The minimum absolute atomic E-state index is 0.0221. The van der Waals surface area contributed by atoms with Gasteiger partial charge in [0, 0.05) is 18.9 Å². The first kappa shape index (κ1) is 11.2. The van der Waals surface area contributed by atoms with Crippen molar-refractivity contribution < 1.29 is 4.79 Å². The maximum absolute atomic E-state index is 11.2. The molecule has 0 aliphatic carbocycles. The fourth-order valence-electron chi connectivity index (χ4n) is 1.02. The van der Waals surface area contributed by atoms with E-state index in [0.717, 1.165) is 12.0 Å². The second-order valence-corrected chi connectivity index (χ2v) is 4.39. The van der Waals surface area contributed by atoms with Crippen LogP contribution in [0, 0.1) is 0 Å². The summed E-state index contributed by atoms with van der Waals surface area (Å²) in [5, 5.41) is 2.82. The van der Waals surface area contributed by atoms with Gasteiger partial charge in [0.2, 0.25) is 5.91 Å². The Morgan fingerprint density at radius 3 is 3.07 bits per heavy atom. The summed E-state index contributed by atoms with van der Waals surface area (Å²) >= 11 is 3.20. The number of halogens is 1. The number of pyridine rings is 1. The molecule has 1 amide bonds. The van der Waals surface area contributed by atoms with Gasteiger partial charge in [-0.1, -0.05) is 22.0 Å². The first-order chi connectivity index (χ1) is 6.70. The molecule has 1 N–H and O–H groups in total. The highest BCUT2D eigenvalue weighted by molar-refractivity contribution is 9.10. The van der Waals surface area contributed by atoms with E-state index < -0.39 is 0 Å². The molecule has 1 atom stereocenters. The van der Waals surface area contributed by atoms with Crippen LogP contribution in [-0.4, -0.2) is 22.3 Å². The van der Waals surface area contributed by atoms with Crippen molar-refractivity contribution in [1.82, 2.24) is 10.3 Å². The normalized spacial score (nSPS) is 12.1. The van der Waals surface area contributed by atoms with Gasteiger partial charge in [-0.25, -0.2) is 0 Å². The average molecular weight is 257 g/mol. The van der Waals surface area contributed by atoms with Crippen molar-refractivity contribution in [2.24, 2.45) is 0 Å². The number of nitrogens with one attached hydrogen (secondary N) is 1. The summed E-state index contributed by atoms with van der Waals surface area (Å²) in [5.41, 5.74) is 1.13. The standard InChI is InChI=1S/C10H13BrN2O/c1-8(11)10(14)13-6-4-9-3-2-5-12-7-9/h2-3,5,7-8H,4,6H2,1H3,(H,13,14). The van der Waals surface area contributed by atoms with E-state index in [4.69, 9.17) is 0 Å². The van der Waals surface area contributed by atoms with Crippen molar-refractivity contribution in [3.8, 4) is 0 Å². The lowest BCUT2D eigenvalue weighted by atomic mass is 10.2. The molecule has 0 aromatic carbocycles. The van der Waals surface area contributed by atoms with Gasteiger partial charge in [-0.2, -0.15) is 0 Å². The Morgan fingerprint density at radius 1 is 1.71 bits per heavy atom. The minimum Gasteiger partial charge on any atom is -0.355 e. The topological polar surface area (TPSA) is 42.0 Å². The Hall–Kier alpha value is -0.900. The number of carbonyl (C=O) groups is 1. The molecule has 0 bridgehead atoms. The van der Waals surface area contributed by atoms with Crippen LogP contribution >= 0.6 is 15.9 Å². The van der Waals surface area contributed by atoms with Crippen LogP contribution in [0.5, 0.6) is 0 Å². The maximum atomic E-state index is 11.2. The second kappa shape index (κ2) is 5.75. The van der Waals surface area contributed by atoms with Crippen LogP contribution in [0.15, 0.2) is 24.5 Å². The predicted octanol–water partition coefficient (Wildman–Crippen LogP) is 1.52. The van der Waals surface area contributed by atoms with Gasteiger partial charge in [-0.05, 0) is 25.0 Å². The lowest BCUT2D eigenvalue weighted by Gasteiger charge is -2.05. The van der Waals surface area contributed by atoms with E-state index in [1.165, 1.54) is 0 Å². The number of nitrogens with zero attached hydrogens (tertiary/aromatic N) is 1. The molecule has 0 saturated heterocycles. The fraction of sp³-hybridized carbons (Fsp3) is 0.400. The van der Waals surface area contributed by atoms with Crippen LogP contribution < -0.4 is 5.32 Å². The monoisotopic (exact) mass is 256 g/mol. The van der Waals surface area contributed by atoms with E-state index in [1.807, 2.05) is 18.3 Å². The third kappa shape index (κ3) is 3.87. The van der Waals surface area contributed by atoms with Crippen LogP contribution in [0.3, 0.4) is 0 Å². The summed E-state index contributed by atoms with van der Waals surface area (Å²) in [5.74, 6) is 0.0221. The first-order valence-electron chi connectivity index (χ1n) is 4.51. The van der Waals surface area contributed by atoms with E-state index in [1.54, 1.807) is 13.1 Å². The van der Waals surface area contributed by atoms with E-state index in [2.05, 4.69) is 26.2 Å². The minimum atomic E-state index is -0.128. The van der Waals surface area contributed by atoms with E-state index in [0.29, 0.717) is 6.54 Å². The number of hydrogen-bond acceptors (Lipinski definition) is 2. The van der Waals surface area contributed by atoms with Gasteiger partial charge < -0.3 is 5.32 Å². The van der Waals surface area contributed by atoms with Gasteiger partial charge in [0.05, 0.1) is 4.83 Å². The largest absolute Gasteiger partial charge is 0.355 e. The van der Waals surface area contributed by atoms with Crippen LogP contribution in [0.25, 0.3) is 0 Å². The second-order valence-electron chi connectivity index (χ2n) is 3.02. The molecular formula is C10H13BrN2O. The van der Waals surface area contributed by atoms with Crippen molar-refractivity contribution in [1.29, 1.82) is 0 Å². The molecule has 1 rings (SSSR count). The van der Waals surface area contributed by atoms with Crippen molar-refractivity contribution in [3.05, 3.63) is 30.1 Å². The van der Waals surface area contributed by atoms with Crippen LogP contribution in [0.1, 0.15) is 12.5 Å². The molecule has 0 saturated carbocycles. The zero-order valence-corrected chi connectivity index (χ0v) is 9.62. The summed E-state index contributed by atoms with van der Waals surface area (Å²) in [6, 6.07) is 3.89. The number of amides is 1. The maximum Gasteiger partial charge on any atom is 0.233 e. The van der Waals surface area contributed by atoms with Gasteiger partial charge in [0.25, 0.3) is 0 Å². The van der Waals surface area contributed by atoms with Crippen molar-refractivity contribution in [3.63, 3.8) is 0 Å². The fourth-order valence-corrected chi connectivity index (χ4v) is 1.18. The number of rotatable bonds is 4. The predicted molar refractivity (Wildman–Crippen MR) is 59.3 cm³/mol. The molecule has 4 heteroatoms. The van der Waals surface area contributed by atoms with Gasteiger partial charge in [0.1, 0.15) is 0 Å². The Morgan fingerprint density at radius 2 is 2.50 bits per heavy atom. The number of alkyl halides is 1. The van der Waals surface area contributed by atoms with Gasteiger partial charge in [-0.3, -0.25) is 9.78 Å². The van der Waals surface area contributed by atoms with Gasteiger partial charge in [-0.15, -0.1) is 0 Å². The summed E-state index contributed by atoms with van der Waals surface area (Å²) in [6.07, 6.45) is 4.37. The molecule has 0 fully saturated rings. The summed E-state index contributed by atoms with van der Waals surface area (Å²) in [6.45, 7) is 2.46. The van der Waals surface area contributed by atoms with E-state index >= 15 is 0 Å². The third-order valence-electron chi connectivity index (χ3n) is 1.80. The Labute approximate surface area is 92.1 Å². The zero-order chi connectivity index (χ0) is 10.4. The van der Waals surface area contributed by atoms with Crippen LogP contribution in [0.2, 0.25) is 0 Å². The average Bonchev–Trinajstić information content (AvgIpc) is 2.19. The number of hydrogen-bond donors (Lipinski definition) is 1. The lowest BCUT2D eigenvalue weighted by Crippen LogP contribution is -2.31. The molecule has 1 heterocycles. The Kier molecular flexibility index (Phi) is 4.59. The van der Waals surface area contributed by atoms with Crippen molar-refractivity contribution >= 4 is 21.8 Å². The van der Waals surface area contributed by atoms with E-state index in [9.17, 15) is 4.79 Å². The highest BCUT2D eigenvalue weighted by atomic mass is 79.9. The van der Waals surface area contributed by atoms with Crippen LogP contribution in [-0.2, 0) is 11.2 Å². The van der Waals surface area contributed by atoms with Crippen molar-refractivity contribution in [2.75, 3.05) is 6.54 Å². The van der Waals surface area contributed by atoms with Crippen LogP contribution in [0.4, 0.5) is 0 Å². The summed E-state index contributed by atoms with van der Waals surface area (Å²) in [4.78, 5) is 15.0. The third-order valence-corrected chi connectivity index (χ3v) is 2.21. The molecule has 1 unspecified atom stereocenters. The molecule has 0 radical (unpaired) electrons.